The topological polar surface area (TPSA) is 65.4 Å². The number of thioether (sulfide) groups is 1. The number of rotatable bonds is 10. The molecule has 1 N–H and O–H groups in total. The quantitative estimate of drug-likeness (QED) is 0.314. The number of anilines is 1. The van der Waals surface area contributed by atoms with Crippen molar-refractivity contribution in [2.45, 2.75) is 23.9 Å². The Kier molecular flexibility index (Phi) is 7.65. The molecule has 1 unspecified atom stereocenters. The molecule has 1 heterocycles. The van der Waals surface area contributed by atoms with Crippen LogP contribution in [0.15, 0.2) is 84.0 Å². The van der Waals surface area contributed by atoms with Gasteiger partial charge in [-0.25, -0.2) is 4.98 Å². The number of ether oxygens (including phenoxy) is 2. The molecular formula is C26H27N3O3S. The van der Waals surface area contributed by atoms with Crippen LogP contribution in [0.5, 0.6) is 5.75 Å². The number of imidazole rings is 1. The van der Waals surface area contributed by atoms with Gasteiger partial charge in [-0.3, -0.25) is 4.79 Å². The Labute approximate surface area is 197 Å². The maximum Gasteiger partial charge on any atom is 0.242 e. The molecular weight excluding hydrogens is 434 g/mol. The molecule has 0 saturated heterocycles. The molecule has 1 amide bonds. The highest BCUT2D eigenvalue weighted by atomic mass is 32.2. The van der Waals surface area contributed by atoms with Crippen molar-refractivity contribution in [1.82, 2.24) is 9.55 Å². The fourth-order valence-corrected chi connectivity index (χ4v) is 4.74. The van der Waals surface area contributed by atoms with E-state index in [2.05, 4.69) is 9.88 Å². The van der Waals surface area contributed by atoms with E-state index in [-0.39, 0.29) is 5.91 Å². The van der Waals surface area contributed by atoms with Crippen LogP contribution in [0.3, 0.4) is 0 Å². The van der Waals surface area contributed by atoms with Crippen LogP contribution >= 0.6 is 11.8 Å². The second kappa shape index (κ2) is 11.0. The third-order valence-corrected chi connectivity index (χ3v) is 6.39. The second-order valence-electron chi connectivity index (χ2n) is 7.35. The molecule has 1 aromatic heterocycles. The van der Waals surface area contributed by atoms with E-state index < -0.39 is 5.25 Å². The minimum atomic E-state index is -0.501. The van der Waals surface area contributed by atoms with Crippen molar-refractivity contribution in [2.75, 3.05) is 25.6 Å². The summed E-state index contributed by atoms with van der Waals surface area (Å²) in [4.78, 5) is 18.4. The lowest BCUT2D eigenvalue weighted by Gasteiger charge is -2.19. The van der Waals surface area contributed by atoms with Crippen LogP contribution in [-0.2, 0) is 16.1 Å². The predicted octanol–water partition coefficient (Wildman–Crippen LogP) is 5.55. The molecule has 7 heteroatoms. The Hall–Kier alpha value is -3.29. The molecule has 4 aromatic rings. The summed E-state index contributed by atoms with van der Waals surface area (Å²) in [5.74, 6) is 0.515. The Bertz CT molecular complexity index is 1210. The van der Waals surface area contributed by atoms with Gasteiger partial charge in [0.15, 0.2) is 5.16 Å². The molecule has 0 aliphatic heterocycles. The summed E-state index contributed by atoms with van der Waals surface area (Å²) < 4.78 is 13.1. The van der Waals surface area contributed by atoms with Gasteiger partial charge in [-0.2, -0.15) is 0 Å². The second-order valence-corrected chi connectivity index (χ2v) is 8.43. The number of methoxy groups -OCH3 is 1. The molecule has 0 aliphatic rings. The summed E-state index contributed by atoms with van der Waals surface area (Å²) in [7, 11) is 1.68. The normalized spacial score (nSPS) is 11.9. The average molecular weight is 462 g/mol. The molecule has 170 valence electrons. The average Bonchev–Trinajstić information content (AvgIpc) is 3.20. The fourth-order valence-electron chi connectivity index (χ4n) is 3.60. The van der Waals surface area contributed by atoms with Crippen molar-refractivity contribution in [2.24, 2.45) is 0 Å². The van der Waals surface area contributed by atoms with Gasteiger partial charge >= 0.3 is 0 Å². The molecule has 3 aromatic carbocycles. The molecule has 4 rings (SSSR count). The van der Waals surface area contributed by atoms with Gasteiger partial charge in [-0.05, 0) is 36.8 Å². The third-order valence-electron chi connectivity index (χ3n) is 5.15. The van der Waals surface area contributed by atoms with E-state index in [0.717, 1.165) is 21.8 Å². The van der Waals surface area contributed by atoms with Crippen LogP contribution in [0.25, 0.3) is 11.0 Å². The summed E-state index contributed by atoms with van der Waals surface area (Å²) in [5.41, 5.74) is 3.47. The van der Waals surface area contributed by atoms with Crippen molar-refractivity contribution in [3.63, 3.8) is 0 Å². The van der Waals surface area contributed by atoms with Crippen LogP contribution in [0.2, 0.25) is 0 Å². The fraction of sp³-hybridized carbons (Fsp3) is 0.231. The first-order valence-corrected chi connectivity index (χ1v) is 11.8. The van der Waals surface area contributed by atoms with Crippen molar-refractivity contribution in [3.8, 4) is 5.75 Å². The highest BCUT2D eigenvalue weighted by molar-refractivity contribution is 8.00. The molecule has 0 radical (unpaired) electrons. The van der Waals surface area contributed by atoms with E-state index in [4.69, 9.17) is 14.5 Å². The summed E-state index contributed by atoms with van der Waals surface area (Å²) in [5, 5.41) is 3.34. The highest BCUT2D eigenvalue weighted by Crippen LogP contribution is 2.38. The highest BCUT2D eigenvalue weighted by Gasteiger charge is 2.26. The number of benzene rings is 3. The Morgan fingerprint density at radius 2 is 1.76 bits per heavy atom. The molecule has 6 nitrogen and oxygen atoms in total. The Balaban J connectivity index is 1.69. The Morgan fingerprint density at radius 1 is 1.03 bits per heavy atom. The van der Waals surface area contributed by atoms with Crippen molar-refractivity contribution >= 4 is 34.4 Å². The van der Waals surface area contributed by atoms with Gasteiger partial charge in [0.1, 0.15) is 11.0 Å². The minimum absolute atomic E-state index is 0.135. The molecule has 0 spiro atoms. The van der Waals surface area contributed by atoms with Crippen molar-refractivity contribution < 1.29 is 14.3 Å². The molecule has 1 atom stereocenters. The number of nitrogens with zero attached hydrogens (tertiary/aromatic N) is 2. The number of hydrogen-bond acceptors (Lipinski definition) is 5. The smallest absolute Gasteiger partial charge is 0.242 e. The molecule has 0 aliphatic carbocycles. The predicted molar refractivity (Wildman–Crippen MR) is 133 cm³/mol. The number of hydrogen-bond donors (Lipinski definition) is 1. The van der Waals surface area contributed by atoms with Crippen LogP contribution in [0, 0.1) is 0 Å². The first kappa shape index (κ1) is 22.9. The lowest BCUT2D eigenvalue weighted by atomic mass is 10.1. The maximum absolute atomic E-state index is 13.6. The summed E-state index contributed by atoms with van der Waals surface area (Å²) in [6, 6.07) is 25.2. The molecule has 0 saturated carbocycles. The number of fused-ring (bicyclic) bond motifs is 1. The first-order valence-electron chi connectivity index (χ1n) is 10.9. The molecule has 0 bridgehead atoms. The van der Waals surface area contributed by atoms with E-state index in [0.29, 0.717) is 31.2 Å². The lowest BCUT2D eigenvalue weighted by molar-refractivity contribution is -0.115. The summed E-state index contributed by atoms with van der Waals surface area (Å²) in [6.07, 6.45) is 0. The van der Waals surface area contributed by atoms with Gasteiger partial charge in [0, 0.05) is 13.7 Å². The minimum Gasteiger partial charge on any atom is -0.492 e. The zero-order chi connectivity index (χ0) is 23.0. The molecule has 0 fully saturated rings. The van der Waals surface area contributed by atoms with E-state index >= 15 is 0 Å². The largest absolute Gasteiger partial charge is 0.492 e. The SMILES string of the molecule is CCOc1ccccc1NC(=O)C(Sc1nc2ccccc2n1CCOC)c1ccccc1. The van der Waals surface area contributed by atoms with Crippen molar-refractivity contribution in [1.29, 1.82) is 0 Å². The van der Waals surface area contributed by atoms with Gasteiger partial charge < -0.3 is 19.4 Å². The van der Waals surface area contributed by atoms with E-state index in [1.807, 2.05) is 85.8 Å². The van der Waals surface area contributed by atoms with E-state index in [1.165, 1.54) is 11.8 Å². The first-order chi connectivity index (χ1) is 16.2. The number of para-hydroxylation sites is 4. The zero-order valence-corrected chi connectivity index (χ0v) is 19.5. The van der Waals surface area contributed by atoms with Gasteiger partial charge in [0.2, 0.25) is 5.91 Å². The van der Waals surface area contributed by atoms with E-state index in [9.17, 15) is 4.79 Å². The monoisotopic (exact) mass is 461 g/mol. The number of carbonyl (C=O) groups excluding carboxylic acids is 1. The standard InChI is InChI=1S/C26H27N3O3S/c1-3-32-23-16-10-8-14-21(23)27-25(30)24(19-11-5-4-6-12-19)33-26-28-20-13-7-9-15-22(20)29(26)17-18-31-2/h4-16,24H,3,17-18H2,1-2H3,(H,27,30). The van der Waals surface area contributed by atoms with Crippen molar-refractivity contribution in [3.05, 3.63) is 84.4 Å². The van der Waals surface area contributed by atoms with Gasteiger partial charge in [0.05, 0.1) is 29.9 Å². The summed E-state index contributed by atoms with van der Waals surface area (Å²) >= 11 is 1.43. The Morgan fingerprint density at radius 3 is 2.55 bits per heavy atom. The van der Waals surface area contributed by atoms with Crippen LogP contribution < -0.4 is 10.1 Å². The molecule has 33 heavy (non-hydrogen) atoms. The number of carbonyl (C=O) groups is 1. The number of aromatic nitrogens is 2. The maximum atomic E-state index is 13.6. The van der Waals surface area contributed by atoms with Gasteiger partial charge in [-0.1, -0.05) is 66.4 Å². The third kappa shape index (κ3) is 5.38. The van der Waals surface area contributed by atoms with E-state index in [1.54, 1.807) is 7.11 Å². The van der Waals surface area contributed by atoms with Gasteiger partial charge in [0.25, 0.3) is 0 Å². The summed E-state index contributed by atoms with van der Waals surface area (Å²) in [6.45, 7) is 3.65. The van der Waals surface area contributed by atoms with Gasteiger partial charge in [-0.15, -0.1) is 0 Å². The van der Waals surface area contributed by atoms with Crippen LogP contribution in [0.4, 0.5) is 5.69 Å². The zero-order valence-electron chi connectivity index (χ0n) is 18.7. The lowest BCUT2D eigenvalue weighted by Crippen LogP contribution is -2.20. The van der Waals surface area contributed by atoms with Crippen LogP contribution in [-0.4, -0.2) is 35.8 Å². The number of nitrogens with one attached hydrogen (secondary N) is 1. The van der Waals surface area contributed by atoms with Crippen LogP contribution in [0.1, 0.15) is 17.7 Å². The number of amides is 1.